The Bertz CT molecular complexity index is 823. The Balaban J connectivity index is 1.49. The van der Waals surface area contributed by atoms with Crippen LogP contribution in [0.2, 0.25) is 0 Å². The molecule has 1 aliphatic rings. The van der Waals surface area contributed by atoms with Crippen LogP contribution < -0.4 is 11.1 Å². The first kappa shape index (κ1) is 20.4. The average Bonchev–Trinajstić information content (AvgIpc) is 2.70. The summed E-state index contributed by atoms with van der Waals surface area (Å²) in [6, 6.07) is 15.8. The maximum absolute atomic E-state index is 12.6. The summed E-state index contributed by atoms with van der Waals surface area (Å²) in [5.41, 5.74) is 8.58. The molecule has 2 aromatic rings. The number of amides is 2. The number of carbonyl (C=O) groups excluding carboxylic acids is 2. The highest BCUT2D eigenvalue weighted by molar-refractivity contribution is 7.99. The Hall–Kier alpha value is -2.31. The minimum absolute atomic E-state index is 0.130. The third-order valence-electron chi connectivity index (χ3n) is 4.93. The lowest BCUT2D eigenvalue weighted by Crippen LogP contribution is -2.42. The second-order valence-corrected chi connectivity index (χ2v) is 7.96. The number of fused-ring (bicyclic) bond motifs is 1. The lowest BCUT2D eigenvalue weighted by atomic mass is 10.0. The molecule has 3 N–H and O–H groups in total. The van der Waals surface area contributed by atoms with Crippen molar-refractivity contribution in [2.45, 2.75) is 37.1 Å². The van der Waals surface area contributed by atoms with E-state index < -0.39 is 0 Å². The summed E-state index contributed by atoms with van der Waals surface area (Å²) in [4.78, 5) is 27.1. The third-order valence-corrected chi connectivity index (χ3v) is 6.04. The lowest BCUT2D eigenvalue weighted by molar-refractivity contribution is -0.120. The molecule has 0 bridgehead atoms. The molecule has 6 heteroatoms. The summed E-state index contributed by atoms with van der Waals surface area (Å²) < 4.78 is 0. The second-order valence-electron chi connectivity index (χ2n) is 6.97. The van der Waals surface area contributed by atoms with Gasteiger partial charge in [-0.1, -0.05) is 43.3 Å². The van der Waals surface area contributed by atoms with Gasteiger partial charge in [-0.05, 0) is 49.1 Å². The van der Waals surface area contributed by atoms with Crippen molar-refractivity contribution in [1.82, 2.24) is 10.2 Å². The van der Waals surface area contributed by atoms with Gasteiger partial charge in [-0.25, -0.2) is 0 Å². The minimum Gasteiger partial charge on any atom is -0.368 e. The highest BCUT2D eigenvalue weighted by Gasteiger charge is 2.23. The Morgan fingerprint density at radius 3 is 2.61 bits per heavy atom. The van der Waals surface area contributed by atoms with Crippen LogP contribution in [0.15, 0.2) is 53.4 Å². The molecule has 2 amide bonds. The monoisotopic (exact) mass is 397 g/mol. The summed E-state index contributed by atoms with van der Waals surface area (Å²) in [6.45, 7) is 3.43. The standard InChI is InChI=1S/C22H27N3O2S/c1-2-24-19(21(23)26)14-17-11-9-16(10-12-17)6-5-13-25-15-28-20-8-4-3-7-18(20)22(25)27/h3-4,7-12,19,24H,2,5-6,13-15H2,1H3,(H2,23,26). The molecule has 0 aromatic heterocycles. The van der Waals surface area contributed by atoms with E-state index in [0.29, 0.717) is 18.8 Å². The van der Waals surface area contributed by atoms with Crippen LogP contribution in [0.3, 0.4) is 0 Å². The fraction of sp³-hybridized carbons (Fsp3) is 0.364. The van der Waals surface area contributed by atoms with E-state index in [0.717, 1.165) is 35.4 Å². The fourth-order valence-electron chi connectivity index (χ4n) is 3.38. The van der Waals surface area contributed by atoms with E-state index in [1.807, 2.05) is 36.1 Å². The highest BCUT2D eigenvalue weighted by atomic mass is 32.2. The molecular weight excluding hydrogens is 370 g/mol. The van der Waals surface area contributed by atoms with Gasteiger partial charge in [0.2, 0.25) is 5.91 Å². The summed E-state index contributed by atoms with van der Waals surface area (Å²) in [5, 5.41) is 3.11. The van der Waals surface area contributed by atoms with Gasteiger partial charge in [0.15, 0.2) is 0 Å². The van der Waals surface area contributed by atoms with Crippen molar-refractivity contribution in [1.29, 1.82) is 0 Å². The number of nitrogens with one attached hydrogen (secondary N) is 1. The van der Waals surface area contributed by atoms with Crippen LogP contribution in [0, 0.1) is 0 Å². The van der Waals surface area contributed by atoms with Crippen molar-refractivity contribution in [2.75, 3.05) is 19.0 Å². The van der Waals surface area contributed by atoms with Gasteiger partial charge in [-0.15, -0.1) is 11.8 Å². The van der Waals surface area contributed by atoms with E-state index in [2.05, 4.69) is 29.6 Å². The van der Waals surface area contributed by atoms with E-state index in [1.165, 1.54) is 5.56 Å². The first-order valence-corrected chi connectivity index (χ1v) is 10.7. The van der Waals surface area contributed by atoms with E-state index in [4.69, 9.17) is 5.73 Å². The molecule has 0 aliphatic carbocycles. The van der Waals surface area contributed by atoms with Gasteiger partial charge in [0.05, 0.1) is 17.5 Å². The third kappa shape index (κ3) is 5.14. The smallest absolute Gasteiger partial charge is 0.255 e. The molecule has 1 atom stereocenters. The molecule has 0 spiro atoms. The predicted molar refractivity (Wildman–Crippen MR) is 113 cm³/mol. The lowest BCUT2D eigenvalue weighted by Gasteiger charge is -2.28. The number of rotatable bonds is 9. The van der Waals surface area contributed by atoms with Gasteiger partial charge >= 0.3 is 0 Å². The Morgan fingerprint density at radius 1 is 1.18 bits per heavy atom. The number of nitrogens with two attached hydrogens (primary N) is 1. The largest absolute Gasteiger partial charge is 0.368 e. The number of hydrogen-bond donors (Lipinski definition) is 2. The molecule has 2 aromatic carbocycles. The van der Waals surface area contributed by atoms with Gasteiger partial charge in [0, 0.05) is 11.4 Å². The predicted octanol–water partition coefficient (Wildman–Crippen LogP) is 2.83. The van der Waals surface area contributed by atoms with Crippen molar-refractivity contribution in [3.8, 4) is 0 Å². The zero-order valence-electron chi connectivity index (χ0n) is 16.2. The van der Waals surface area contributed by atoms with Crippen LogP contribution in [0.1, 0.15) is 34.8 Å². The molecule has 1 aliphatic heterocycles. The SMILES string of the molecule is CCNC(Cc1ccc(CCCN2CSc3ccccc3C2=O)cc1)C(N)=O. The molecule has 148 valence electrons. The molecule has 5 nitrogen and oxygen atoms in total. The Kier molecular flexibility index (Phi) is 7.12. The van der Waals surface area contributed by atoms with Crippen molar-refractivity contribution in [3.05, 3.63) is 65.2 Å². The van der Waals surface area contributed by atoms with Gasteiger partial charge in [-0.2, -0.15) is 0 Å². The van der Waals surface area contributed by atoms with Crippen molar-refractivity contribution in [2.24, 2.45) is 5.73 Å². The van der Waals surface area contributed by atoms with Crippen LogP contribution in [0.5, 0.6) is 0 Å². The van der Waals surface area contributed by atoms with Crippen LogP contribution >= 0.6 is 11.8 Å². The summed E-state index contributed by atoms with van der Waals surface area (Å²) in [7, 11) is 0. The number of nitrogens with zero attached hydrogens (tertiary/aromatic N) is 1. The van der Waals surface area contributed by atoms with Gasteiger partial charge < -0.3 is 16.0 Å². The van der Waals surface area contributed by atoms with E-state index in [-0.39, 0.29) is 17.9 Å². The molecule has 1 unspecified atom stereocenters. The number of hydrogen-bond acceptors (Lipinski definition) is 4. The zero-order valence-corrected chi connectivity index (χ0v) is 17.0. The fourth-order valence-corrected chi connectivity index (χ4v) is 4.41. The maximum atomic E-state index is 12.6. The molecule has 3 rings (SSSR count). The highest BCUT2D eigenvalue weighted by Crippen LogP contribution is 2.29. The number of carbonyl (C=O) groups is 2. The number of benzene rings is 2. The van der Waals surface area contributed by atoms with Gasteiger partial charge in [0.25, 0.3) is 5.91 Å². The van der Waals surface area contributed by atoms with Crippen molar-refractivity contribution >= 4 is 23.6 Å². The first-order chi connectivity index (χ1) is 13.6. The molecule has 0 radical (unpaired) electrons. The van der Waals surface area contributed by atoms with E-state index in [9.17, 15) is 9.59 Å². The van der Waals surface area contributed by atoms with Crippen LogP contribution in [-0.2, 0) is 17.6 Å². The molecule has 0 saturated heterocycles. The number of primary amides is 1. The van der Waals surface area contributed by atoms with E-state index in [1.54, 1.807) is 11.8 Å². The quantitative estimate of drug-likeness (QED) is 0.682. The molecule has 0 saturated carbocycles. The second kappa shape index (κ2) is 9.75. The number of thioether (sulfide) groups is 1. The number of likely N-dealkylation sites (N-methyl/N-ethyl adjacent to an activating group) is 1. The first-order valence-electron chi connectivity index (χ1n) is 9.70. The van der Waals surface area contributed by atoms with Crippen molar-refractivity contribution < 1.29 is 9.59 Å². The average molecular weight is 398 g/mol. The van der Waals surface area contributed by atoms with Crippen LogP contribution in [-0.4, -0.2) is 41.7 Å². The molecule has 28 heavy (non-hydrogen) atoms. The summed E-state index contributed by atoms with van der Waals surface area (Å²) >= 11 is 1.72. The van der Waals surface area contributed by atoms with Gasteiger partial charge in [0.1, 0.15) is 0 Å². The summed E-state index contributed by atoms with van der Waals surface area (Å²) in [5.74, 6) is 0.524. The minimum atomic E-state index is -0.332. The maximum Gasteiger partial charge on any atom is 0.255 e. The van der Waals surface area contributed by atoms with E-state index >= 15 is 0 Å². The molecule has 1 heterocycles. The normalized spacial score (nSPS) is 14.6. The van der Waals surface area contributed by atoms with Crippen LogP contribution in [0.25, 0.3) is 0 Å². The Labute approximate surface area is 170 Å². The summed E-state index contributed by atoms with van der Waals surface area (Å²) in [6.07, 6.45) is 2.44. The van der Waals surface area contributed by atoms with Crippen LogP contribution in [0.4, 0.5) is 0 Å². The molecular formula is C22H27N3O2S. The number of aryl methyl sites for hydroxylation is 1. The molecule has 0 fully saturated rings. The zero-order chi connectivity index (χ0) is 19.9. The van der Waals surface area contributed by atoms with Gasteiger partial charge in [-0.3, -0.25) is 9.59 Å². The Morgan fingerprint density at radius 2 is 1.89 bits per heavy atom. The topological polar surface area (TPSA) is 75.4 Å². The van der Waals surface area contributed by atoms with Crippen molar-refractivity contribution in [3.63, 3.8) is 0 Å².